The van der Waals surface area contributed by atoms with Crippen LogP contribution in [0.4, 0.5) is 5.69 Å². The monoisotopic (exact) mass is 313 g/mol. The highest BCUT2D eigenvalue weighted by Crippen LogP contribution is 2.20. The van der Waals surface area contributed by atoms with Crippen molar-refractivity contribution in [3.8, 4) is 0 Å². The van der Waals surface area contributed by atoms with Gasteiger partial charge in [0.2, 0.25) is 0 Å². The summed E-state index contributed by atoms with van der Waals surface area (Å²) in [6.45, 7) is 1.13. The summed E-state index contributed by atoms with van der Waals surface area (Å²) in [7, 11) is 3.79. The average molecular weight is 314 g/mol. The Balaban J connectivity index is 2.46. The van der Waals surface area contributed by atoms with Crippen molar-refractivity contribution in [1.29, 1.82) is 0 Å². The van der Waals surface area contributed by atoms with Gasteiger partial charge in [0.1, 0.15) is 0 Å². The normalized spacial score (nSPS) is 10.2. The zero-order valence-corrected chi connectivity index (χ0v) is 12.0. The lowest BCUT2D eigenvalue weighted by atomic mass is 10.3. The number of para-hydroxylation sites is 1. The van der Waals surface area contributed by atoms with Gasteiger partial charge in [0.25, 0.3) is 0 Å². The van der Waals surface area contributed by atoms with Crippen LogP contribution in [-0.2, 0) is 9.59 Å². The third-order valence-corrected chi connectivity index (χ3v) is 2.86. The Kier molecular flexibility index (Phi) is 5.80. The quantitative estimate of drug-likeness (QED) is 0.817. The van der Waals surface area contributed by atoms with Gasteiger partial charge in [0.05, 0.1) is 5.69 Å². The topological polar surface area (TPSA) is 61.4 Å². The predicted octanol–water partition coefficient (Wildman–Crippen LogP) is 1.07. The first-order chi connectivity index (χ1) is 8.50. The van der Waals surface area contributed by atoms with Gasteiger partial charge < -0.3 is 15.5 Å². The molecule has 0 fully saturated rings. The summed E-state index contributed by atoms with van der Waals surface area (Å²) >= 11 is 3.29. The van der Waals surface area contributed by atoms with Crippen molar-refractivity contribution in [2.45, 2.75) is 0 Å². The molecule has 1 aromatic carbocycles. The van der Waals surface area contributed by atoms with Gasteiger partial charge in [-0.25, -0.2) is 0 Å². The number of hydrogen-bond acceptors (Lipinski definition) is 3. The molecule has 0 bridgehead atoms. The van der Waals surface area contributed by atoms with Crippen molar-refractivity contribution in [2.24, 2.45) is 0 Å². The fourth-order valence-electron chi connectivity index (χ4n) is 1.21. The number of halogens is 1. The highest BCUT2D eigenvalue weighted by molar-refractivity contribution is 9.10. The molecule has 0 heterocycles. The molecule has 0 saturated carbocycles. The Morgan fingerprint density at radius 2 is 1.89 bits per heavy atom. The van der Waals surface area contributed by atoms with Crippen LogP contribution in [0.25, 0.3) is 0 Å². The molecule has 0 aromatic heterocycles. The molecule has 0 radical (unpaired) electrons. The van der Waals surface area contributed by atoms with Crippen LogP contribution in [0.1, 0.15) is 0 Å². The number of rotatable bonds is 4. The first-order valence-corrected chi connectivity index (χ1v) is 6.28. The number of anilines is 1. The van der Waals surface area contributed by atoms with Crippen molar-refractivity contribution in [2.75, 3.05) is 32.5 Å². The van der Waals surface area contributed by atoms with Crippen LogP contribution in [0, 0.1) is 0 Å². The van der Waals surface area contributed by atoms with E-state index in [4.69, 9.17) is 0 Å². The molecule has 6 heteroatoms. The zero-order valence-electron chi connectivity index (χ0n) is 10.4. The van der Waals surface area contributed by atoms with Gasteiger partial charge in [-0.1, -0.05) is 12.1 Å². The van der Waals surface area contributed by atoms with Gasteiger partial charge in [0.15, 0.2) is 0 Å². The number of nitrogens with zero attached hydrogens (tertiary/aromatic N) is 1. The van der Waals surface area contributed by atoms with Crippen molar-refractivity contribution < 1.29 is 9.59 Å². The molecule has 2 amide bonds. The molecule has 18 heavy (non-hydrogen) atoms. The van der Waals surface area contributed by atoms with E-state index in [0.717, 1.165) is 4.47 Å². The Morgan fingerprint density at radius 1 is 1.22 bits per heavy atom. The Bertz CT molecular complexity index is 435. The lowest BCUT2D eigenvalue weighted by Crippen LogP contribution is -2.38. The lowest BCUT2D eigenvalue weighted by Gasteiger charge is -2.10. The summed E-state index contributed by atoms with van der Waals surface area (Å²) in [5.41, 5.74) is 0.574. The molecule has 0 aliphatic rings. The summed E-state index contributed by atoms with van der Waals surface area (Å²) in [5.74, 6) is -1.30. The fourth-order valence-corrected chi connectivity index (χ4v) is 1.60. The number of nitrogens with one attached hydrogen (secondary N) is 2. The summed E-state index contributed by atoms with van der Waals surface area (Å²) in [6.07, 6.45) is 0. The van der Waals surface area contributed by atoms with Gasteiger partial charge in [-0.3, -0.25) is 9.59 Å². The number of likely N-dealkylation sites (N-methyl/N-ethyl adjacent to an activating group) is 1. The third kappa shape index (κ3) is 4.85. The molecule has 1 aromatic rings. The number of amides is 2. The van der Waals surface area contributed by atoms with E-state index in [1.54, 1.807) is 18.2 Å². The van der Waals surface area contributed by atoms with E-state index in [-0.39, 0.29) is 0 Å². The van der Waals surface area contributed by atoms with Gasteiger partial charge >= 0.3 is 11.8 Å². The maximum atomic E-state index is 11.6. The molecule has 5 nitrogen and oxygen atoms in total. The molecule has 98 valence electrons. The second-order valence-corrected chi connectivity index (χ2v) is 4.85. The smallest absolute Gasteiger partial charge is 0.313 e. The largest absolute Gasteiger partial charge is 0.347 e. The second-order valence-electron chi connectivity index (χ2n) is 3.99. The molecule has 0 saturated heterocycles. The molecular formula is C12H16BrN3O2. The summed E-state index contributed by atoms with van der Waals surface area (Å²) in [6, 6.07) is 7.12. The predicted molar refractivity (Wildman–Crippen MR) is 74.3 cm³/mol. The molecular weight excluding hydrogens is 298 g/mol. The van der Waals surface area contributed by atoms with E-state index in [9.17, 15) is 9.59 Å². The van der Waals surface area contributed by atoms with Crippen molar-refractivity contribution in [3.63, 3.8) is 0 Å². The van der Waals surface area contributed by atoms with Crippen LogP contribution in [-0.4, -0.2) is 43.9 Å². The molecule has 2 N–H and O–H groups in total. The molecule has 0 unspecified atom stereocenters. The van der Waals surface area contributed by atoms with Crippen molar-refractivity contribution >= 4 is 33.4 Å². The van der Waals surface area contributed by atoms with E-state index in [2.05, 4.69) is 26.6 Å². The van der Waals surface area contributed by atoms with Gasteiger partial charge in [0, 0.05) is 17.6 Å². The number of hydrogen-bond donors (Lipinski definition) is 2. The fraction of sp³-hybridized carbons (Fsp3) is 0.333. The SMILES string of the molecule is CN(C)CCNC(=O)C(=O)Nc1ccccc1Br. The van der Waals surface area contributed by atoms with Crippen molar-refractivity contribution in [3.05, 3.63) is 28.7 Å². The van der Waals surface area contributed by atoms with Crippen LogP contribution >= 0.6 is 15.9 Å². The van der Waals surface area contributed by atoms with Gasteiger partial charge in [-0.15, -0.1) is 0 Å². The zero-order chi connectivity index (χ0) is 13.5. The van der Waals surface area contributed by atoms with Gasteiger partial charge in [-0.2, -0.15) is 0 Å². The molecule has 0 aliphatic carbocycles. The van der Waals surface area contributed by atoms with E-state index in [1.165, 1.54) is 0 Å². The lowest BCUT2D eigenvalue weighted by molar-refractivity contribution is -0.136. The van der Waals surface area contributed by atoms with Gasteiger partial charge in [-0.05, 0) is 42.2 Å². The second kappa shape index (κ2) is 7.13. The third-order valence-electron chi connectivity index (χ3n) is 2.17. The standard InChI is InChI=1S/C12H16BrN3O2/c1-16(2)8-7-14-11(17)12(18)15-10-6-4-3-5-9(10)13/h3-6H,7-8H2,1-2H3,(H,14,17)(H,15,18). The van der Waals surface area contributed by atoms with E-state index in [1.807, 2.05) is 25.1 Å². The number of carbonyl (C=O) groups excluding carboxylic acids is 2. The first kappa shape index (κ1) is 14.7. The molecule has 0 spiro atoms. The maximum Gasteiger partial charge on any atom is 0.313 e. The number of carbonyl (C=O) groups is 2. The van der Waals surface area contributed by atoms with E-state index in [0.29, 0.717) is 18.8 Å². The minimum atomic E-state index is -0.666. The Hall–Kier alpha value is -1.40. The minimum absolute atomic E-state index is 0.440. The summed E-state index contributed by atoms with van der Waals surface area (Å²) in [4.78, 5) is 25.0. The van der Waals surface area contributed by atoms with Crippen LogP contribution in [0.15, 0.2) is 28.7 Å². The molecule has 0 aliphatic heterocycles. The number of benzene rings is 1. The van der Waals surface area contributed by atoms with E-state index >= 15 is 0 Å². The Labute approximate surface area is 115 Å². The molecule has 0 atom stereocenters. The summed E-state index contributed by atoms with van der Waals surface area (Å²) < 4.78 is 0.736. The Morgan fingerprint density at radius 3 is 2.50 bits per heavy atom. The average Bonchev–Trinajstić information content (AvgIpc) is 2.31. The highest BCUT2D eigenvalue weighted by atomic mass is 79.9. The molecule has 1 rings (SSSR count). The van der Waals surface area contributed by atoms with Crippen LogP contribution < -0.4 is 10.6 Å². The van der Waals surface area contributed by atoms with Crippen molar-refractivity contribution in [1.82, 2.24) is 10.2 Å². The minimum Gasteiger partial charge on any atom is -0.347 e. The van der Waals surface area contributed by atoms with Crippen LogP contribution in [0.3, 0.4) is 0 Å². The highest BCUT2D eigenvalue weighted by Gasteiger charge is 2.13. The van der Waals surface area contributed by atoms with Crippen LogP contribution in [0.5, 0.6) is 0 Å². The summed E-state index contributed by atoms with van der Waals surface area (Å²) in [5, 5.41) is 5.08. The van der Waals surface area contributed by atoms with E-state index < -0.39 is 11.8 Å². The first-order valence-electron chi connectivity index (χ1n) is 5.49. The maximum absolute atomic E-state index is 11.6. The van der Waals surface area contributed by atoms with Crippen LogP contribution in [0.2, 0.25) is 0 Å².